The smallest absolute Gasteiger partial charge is 0.216 e. The van der Waals surface area contributed by atoms with Crippen LogP contribution in [0.3, 0.4) is 0 Å². The summed E-state index contributed by atoms with van der Waals surface area (Å²) in [5, 5.41) is 0. The lowest BCUT2D eigenvalue weighted by atomic mass is 10.2. The Morgan fingerprint density at radius 1 is 1.47 bits per heavy atom. The van der Waals surface area contributed by atoms with Crippen molar-refractivity contribution in [1.29, 1.82) is 0 Å². The van der Waals surface area contributed by atoms with Crippen LogP contribution in [0.5, 0.6) is 0 Å². The van der Waals surface area contributed by atoms with E-state index in [0.717, 1.165) is 0 Å². The van der Waals surface area contributed by atoms with Crippen molar-refractivity contribution in [3.63, 3.8) is 0 Å². The molecule has 80 valence electrons. The van der Waals surface area contributed by atoms with E-state index in [9.17, 15) is 0 Å². The first-order valence-corrected chi connectivity index (χ1v) is 4.59. The Hall–Kier alpha value is -1.84. The van der Waals surface area contributed by atoms with Crippen molar-refractivity contribution in [1.82, 2.24) is 0 Å². The molecule has 1 aromatic rings. The molecule has 0 aliphatic heterocycles. The second kappa shape index (κ2) is 5.80. The quantitative estimate of drug-likeness (QED) is 0.570. The first kappa shape index (κ1) is 8.47. The van der Waals surface area contributed by atoms with Crippen molar-refractivity contribution >= 4 is 11.8 Å². The lowest BCUT2D eigenvalue weighted by Gasteiger charge is -1.97. The molecule has 4 nitrogen and oxygen atoms in total. The topological polar surface area (TPSA) is 76.8 Å². The van der Waals surface area contributed by atoms with Crippen LogP contribution in [0.15, 0.2) is 40.3 Å². The minimum absolute atomic E-state index is 0.0599. The number of guanidine groups is 1. The minimum atomic E-state index is -0.615. The summed E-state index contributed by atoms with van der Waals surface area (Å²) in [5.74, 6) is 0.387. The first-order chi connectivity index (χ1) is 8.00. The zero-order valence-corrected chi connectivity index (χ0v) is 8.64. The molecule has 0 aliphatic rings. The number of aliphatic imine (C=N–C) groups is 2. The molecule has 1 atom stereocenters. The van der Waals surface area contributed by atoms with Crippen molar-refractivity contribution in [2.75, 3.05) is 6.54 Å². The fourth-order valence-electron chi connectivity index (χ4n) is 0.988. The van der Waals surface area contributed by atoms with Crippen LogP contribution >= 0.6 is 0 Å². The minimum Gasteiger partial charge on any atom is -0.387 e. The van der Waals surface area contributed by atoms with Crippen molar-refractivity contribution in [3.05, 3.63) is 35.9 Å². The normalized spacial score (nSPS) is 16.9. The van der Waals surface area contributed by atoms with Gasteiger partial charge in [-0.3, -0.25) is 4.99 Å². The van der Waals surface area contributed by atoms with Gasteiger partial charge in [0.25, 0.3) is 0 Å². The Balaban J connectivity index is 2.71. The molecule has 1 aromatic carbocycles. The Kier molecular flexibility index (Phi) is 3.27. The van der Waals surface area contributed by atoms with Gasteiger partial charge in [-0.1, -0.05) is 30.3 Å². The Morgan fingerprint density at radius 2 is 2.27 bits per heavy atom. The van der Waals surface area contributed by atoms with Gasteiger partial charge in [0.05, 0.1) is 7.21 Å². The van der Waals surface area contributed by atoms with Gasteiger partial charge in [-0.2, -0.15) is 0 Å². The third kappa shape index (κ3) is 4.81. The fourth-order valence-corrected chi connectivity index (χ4v) is 0.988. The number of nitrogens with zero attached hydrogens (tertiary/aromatic N) is 2. The SMILES string of the molecule is [2H]c1ccccc1C([2H])CN=C(N)N=C(C)N. The zero-order chi connectivity index (χ0) is 12.8. The maximum Gasteiger partial charge on any atom is 0.216 e. The number of amidine groups is 1. The average Bonchev–Trinajstić information content (AvgIpc) is 2.25. The second-order valence-electron chi connectivity index (χ2n) is 2.97. The Bertz CT molecular complexity index is 439. The molecule has 0 fully saturated rings. The number of hydrogen-bond acceptors (Lipinski definition) is 1. The van der Waals surface area contributed by atoms with Crippen LogP contribution in [0.4, 0.5) is 0 Å². The van der Waals surface area contributed by atoms with Gasteiger partial charge in [0.2, 0.25) is 5.96 Å². The number of rotatable bonds is 3. The van der Waals surface area contributed by atoms with Gasteiger partial charge in [-0.05, 0) is 18.9 Å². The van der Waals surface area contributed by atoms with Crippen molar-refractivity contribution in [3.8, 4) is 0 Å². The van der Waals surface area contributed by atoms with Crippen LogP contribution in [0.25, 0.3) is 0 Å². The van der Waals surface area contributed by atoms with E-state index in [1.54, 1.807) is 31.2 Å². The van der Waals surface area contributed by atoms with E-state index in [4.69, 9.17) is 14.2 Å². The van der Waals surface area contributed by atoms with E-state index >= 15 is 0 Å². The van der Waals surface area contributed by atoms with Crippen LogP contribution < -0.4 is 11.5 Å². The first-order valence-electron chi connectivity index (χ1n) is 5.67. The van der Waals surface area contributed by atoms with Crippen LogP contribution in [0.1, 0.15) is 15.2 Å². The van der Waals surface area contributed by atoms with E-state index in [2.05, 4.69) is 9.98 Å². The van der Waals surface area contributed by atoms with Gasteiger partial charge >= 0.3 is 0 Å². The van der Waals surface area contributed by atoms with Crippen molar-refractivity contribution < 1.29 is 2.74 Å². The lowest BCUT2D eigenvalue weighted by Crippen LogP contribution is -2.16. The third-order valence-corrected chi connectivity index (χ3v) is 1.59. The predicted octanol–water partition coefficient (Wildman–Crippen LogP) is 0.921. The highest BCUT2D eigenvalue weighted by atomic mass is 15.1. The largest absolute Gasteiger partial charge is 0.387 e. The summed E-state index contributed by atoms with van der Waals surface area (Å²) in [6.07, 6.45) is -0.615. The van der Waals surface area contributed by atoms with E-state index in [-0.39, 0.29) is 12.5 Å². The molecule has 0 aromatic heterocycles. The van der Waals surface area contributed by atoms with E-state index < -0.39 is 6.40 Å². The maximum atomic E-state index is 7.87. The summed E-state index contributed by atoms with van der Waals surface area (Å²) in [6, 6.07) is 7.28. The molecule has 0 heterocycles. The van der Waals surface area contributed by atoms with Gasteiger partial charge in [-0.25, -0.2) is 4.99 Å². The predicted molar refractivity (Wildman–Crippen MR) is 63.9 cm³/mol. The van der Waals surface area contributed by atoms with E-state index in [0.29, 0.717) is 17.4 Å². The van der Waals surface area contributed by atoms with Crippen molar-refractivity contribution in [2.24, 2.45) is 21.5 Å². The van der Waals surface area contributed by atoms with Gasteiger partial charge in [0.15, 0.2) is 0 Å². The highest BCUT2D eigenvalue weighted by Crippen LogP contribution is 1.99. The average molecular weight is 206 g/mol. The summed E-state index contributed by atoms with van der Waals surface area (Å²) in [4.78, 5) is 7.70. The molecule has 0 saturated heterocycles. The number of nitrogens with two attached hydrogens (primary N) is 2. The fraction of sp³-hybridized carbons (Fsp3) is 0.273. The standard InChI is InChI=1S/C11H16N4/c1-9(12)15-11(13)14-8-7-10-5-3-2-4-6-10/h2-6H,7-8H2,1H3,(H4,12,13,14,15)/i5D,7D. The molecule has 0 spiro atoms. The van der Waals surface area contributed by atoms with Gasteiger partial charge < -0.3 is 11.5 Å². The molecule has 15 heavy (non-hydrogen) atoms. The number of hydrogen-bond donors (Lipinski definition) is 2. The molecule has 0 saturated carbocycles. The summed E-state index contributed by atoms with van der Waals surface area (Å²) >= 11 is 0. The van der Waals surface area contributed by atoms with Gasteiger partial charge in [-0.15, -0.1) is 0 Å². The van der Waals surface area contributed by atoms with Crippen LogP contribution in [0.2, 0.25) is 0 Å². The molecule has 0 radical (unpaired) electrons. The molecule has 0 bridgehead atoms. The Morgan fingerprint density at radius 3 is 2.93 bits per heavy atom. The molecular formula is C11H16N4. The molecule has 0 amide bonds. The molecule has 1 rings (SSSR count). The molecular weight excluding hydrogens is 188 g/mol. The molecule has 0 aliphatic carbocycles. The molecule has 1 unspecified atom stereocenters. The lowest BCUT2D eigenvalue weighted by molar-refractivity contribution is 0.962. The van der Waals surface area contributed by atoms with E-state index in [1.165, 1.54) is 0 Å². The molecule has 4 N–H and O–H groups in total. The van der Waals surface area contributed by atoms with Crippen LogP contribution in [-0.4, -0.2) is 18.3 Å². The number of benzene rings is 1. The van der Waals surface area contributed by atoms with Gasteiger partial charge in [0, 0.05) is 7.92 Å². The monoisotopic (exact) mass is 206 g/mol. The highest BCUT2D eigenvalue weighted by molar-refractivity contribution is 5.93. The zero-order valence-electron chi connectivity index (χ0n) is 10.6. The maximum absolute atomic E-state index is 7.87. The summed E-state index contributed by atoms with van der Waals surface area (Å²) in [6.45, 7) is 1.78. The van der Waals surface area contributed by atoms with E-state index in [1.807, 2.05) is 0 Å². The molecule has 4 heteroatoms. The van der Waals surface area contributed by atoms with Crippen molar-refractivity contribution in [2.45, 2.75) is 13.3 Å². The third-order valence-electron chi connectivity index (χ3n) is 1.59. The van der Waals surface area contributed by atoms with Crippen LogP contribution in [-0.2, 0) is 6.40 Å². The summed E-state index contributed by atoms with van der Waals surface area (Å²) in [5.41, 5.74) is 11.5. The second-order valence-corrected chi connectivity index (χ2v) is 2.97. The summed E-state index contributed by atoms with van der Waals surface area (Å²) < 4.78 is 15.5. The highest BCUT2D eigenvalue weighted by Gasteiger charge is 1.91. The van der Waals surface area contributed by atoms with Gasteiger partial charge in [0.1, 0.15) is 0 Å². The van der Waals surface area contributed by atoms with Crippen LogP contribution in [0, 0.1) is 0 Å². The summed E-state index contributed by atoms with van der Waals surface area (Å²) in [7, 11) is 0. The Labute approximate surface area is 92.5 Å².